The smallest absolute Gasteiger partial charge is 0.270 e. The van der Waals surface area contributed by atoms with Crippen LogP contribution >= 0.6 is 38.6 Å². The van der Waals surface area contributed by atoms with E-state index in [0.29, 0.717) is 16.6 Å². The summed E-state index contributed by atoms with van der Waals surface area (Å²) in [4.78, 5) is 17.9. The van der Waals surface area contributed by atoms with Gasteiger partial charge in [-0.3, -0.25) is 10.1 Å². The number of hydrogen-bond acceptors (Lipinski definition) is 6. The highest BCUT2D eigenvalue weighted by atomic mass is 79.9. The van der Waals surface area contributed by atoms with E-state index in [1.54, 1.807) is 17.4 Å². The topological polar surface area (TPSA) is 60.5 Å². The Bertz CT molecular complexity index is 893. The largest absolute Gasteiger partial charge is 0.485 e. The number of para-hydroxylation sites is 2. The standard InChI is InChI=1S/C16H11BrN2O3S2/c17-14-6-5-13(24-14)9-8-23-16(18-9)19-15(20)12-7-21-10-3-1-2-4-11(10)22-12/h1-6,8,12H,7H2,(H,18,19,20). The molecule has 1 N–H and O–H groups in total. The number of thiazole rings is 1. The van der Waals surface area contributed by atoms with Gasteiger partial charge < -0.3 is 9.47 Å². The number of carbonyl (C=O) groups is 1. The average molecular weight is 423 g/mol. The number of amides is 1. The molecule has 0 aliphatic carbocycles. The Morgan fingerprint density at radius 1 is 1.25 bits per heavy atom. The molecular weight excluding hydrogens is 412 g/mol. The first-order valence-corrected chi connectivity index (χ1v) is 9.58. The van der Waals surface area contributed by atoms with E-state index in [1.165, 1.54) is 11.3 Å². The van der Waals surface area contributed by atoms with Crippen LogP contribution in [0.3, 0.4) is 0 Å². The first kappa shape index (κ1) is 15.6. The van der Waals surface area contributed by atoms with Crippen molar-refractivity contribution in [3.05, 3.63) is 45.6 Å². The van der Waals surface area contributed by atoms with Crippen LogP contribution in [0.1, 0.15) is 0 Å². The van der Waals surface area contributed by atoms with E-state index < -0.39 is 6.10 Å². The normalized spacial score (nSPS) is 16.0. The number of fused-ring (bicyclic) bond motifs is 1. The number of anilines is 1. The molecule has 0 saturated heterocycles. The lowest BCUT2D eigenvalue weighted by Gasteiger charge is -2.25. The van der Waals surface area contributed by atoms with Crippen molar-refractivity contribution in [2.24, 2.45) is 0 Å². The molecular formula is C16H11BrN2O3S2. The van der Waals surface area contributed by atoms with Crippen LogP contribution in [0.15, 0.2) is 45.6 Å². The summed E-state index contributed by atoms with van der Waals surface area (Å²) in [6, 6.07) is 11.3. The third-order valence-electron chi connectivity index (χ3n) is 3.36. The fourth-order valence-corrected chi connectivity index (χ4v) is 4.37. The second-order valence-corrected chi connectivity index (χ2v) is 8.32. The van der Waals surface area contributed by atoms with Crippen molar-refractivity contribution in [2.75, 3.05) is 11.9 Å². The Labute approximate surface area is 154 Å². The van der Waals surface area contributed by atoms with Gasteiger partial charge in [-0.25, -0.2) is 4.98 Å². The summed E-state index contributed by atoms with van der Waals surface area (Å²) >= 11 is 6.42. The quantitative estimate of drug-likeness (QED) is 0.678. The summed E-state index contributed by atoms with van der Waals surface area (Å²) in [6.45, 7) is 0.180. The van der Waals surface area contributed by atoms with Gasteiger partial charge in [0.15, 0.2) is 16.6 Å². The average Bonchev–Trinajstić information content (AvgIpc) is 3.23. The van der Waals surface area contributed by atoms with Gasteiger partial charge in [0.1, 0.15) is 6.61 Å². The van der Waals surface area contributed by atoms with Gasteiger partial charge in [0.05, 0.1) is 14.4 Å². The molecule has 1 unspecified atom stereocenters. The fraction of sp³-hybridized carbons (Fsp3) is 0.125. The molecule has 1 aliphatic heterocycles. The van der Waals surface area contributed by atoms with E-state index in [2.05, 4.69) is 26.2 Å². The number of nitrogens with one attached hydrogen (secondary N) is 1. The number of hydrogen-bond donors (Lipinski definition) is 1. The van der Waals surface area contributed by atoms with Gasteiger partial charge in [-0.05, 0) is 40.2 Å². The van der Waals surface area contributed by atoms with Gasteiger partial charge >= 0.3 is 0 Å². The number of aromatic nitrogens is 1. The van der Waals surface area contributed by atoms with Gasteiger partial charge in [0.2, 0.25) is 6.10 Å². The van der Waals surface area contributed by atoms with E-state index in [0.717, 1.165) is 14.4 Å². The van der Waals surface area contributed by atoms with Gasteiger partial charge in [-0.1, -0.05) is 12.1 Å². The molecule has 0 fully saturated rings. The summed E-state index contributed by atoms with van der Waals surface area (Å²) in [5, 5.41) is 5.26. The Balaban J connectivity index is 1.44. The molecule has 0 bridgehead atoms. The zero-order chi connectivity index (χ0) is 16.5. The van der Waals surface area contributed by atoms with E-state index >= 15 is 0 Å². The van der Waals surface area contributed by atoms with Gasteiger partial charge in [0, 0.05) is 5.38 Å². The molecule has 2 aromatic heterocycles. The summed E-state index contributed by atoms with van der Waals surface area (Å²) in [6.07, 6.45) is -0.692. The molecule has 3 heterocycles. The number of benzene rings is 1. The first-order valence-electron chi connectivity index (χ1n) is 7.09. The molecule has 24 heavy (non-hydrogen) atoms. The lowest BCUT2D eigenvalue weighted by Crippen LogP contribution is -2.40. The van der Waals surface area contributed by atoms with Gasteiger partial charge in [-0.15, -0.1) is 22.7 Å². The molecule has 5 nitrogen and oxygen atoms in total. The summed E-state index contributed by atoms with van der Waals surface area (Å²) in [5.74, 6) is 0.964. The lowest BCUT2D eigenvalue weighted by molar-refractivity contribution is -0.125. The summed E-state index contributed by atoms with van der Waals surface area (Å²) < 4.78 is 12.3. The molecule has 0 radical (unpaired) electrons. The molecule has 0 spiro atoms. The van der Waals surface area contributed by atoms with Crippen LogP contribution in [0.4, 0.5) is 5.13 Å². The molecule has 122 valence electrons. The highest BCUT2D eigenvalue weighted by Gasteiger charge is 2.27. The maximum Gasteiger partial charge on any atom is 0.270 e. The van der Waals surface area contributed by atoms with Crippen LogP contribution < -0.4 is 14.8 Å². The highest BCUT2D eigenvalue weighted by Crippen LogP contribution is 2.34. The summed E-state index contributed by atoms with van der Waals surface area (Å²) in [7, 11) is 0. The van der Waals surface area contributed by atoms with Crippen molar-refractivity contribution in [3.63, 3.8) is 0 Å². The SMILES string of the molecule is O=C(Nc1nc(-c2ccc(Br)s2)cs1)C1COc2ccccc2O1. The molecule has 8 heteroatoms. The van der Waals surface area contributed by atoms with E-state index in [9.17, 15) is 4.79 Å². The Morgan fingerprint density at radius 3 is 2.88 bits per heavy atom. The van der Waals surface area contributed by atoms with Crippen molar-refractivity contribution >= 4 is 49.6 Å². The minimum Gasteiger partial charge on any atom is -0.485 e. The monoisotopic (exact) mass is 422 g/mol. The third-order valence-corrected chi connectivity index (χ3v) is 5.76. The van der Waals surface area contributed by atoms with Crippen molar-refractivity contribution in [1.29, 1.82) is 0 Å². The highest BCUT2D eigenvalue weighted by molar-refractivity contribution is 9.11. The van der Waals surface area contributed by atoms with E-state index in [4.69, 9.17) is 9.47 Å². The minimum atomic E-state index is -0.692. The molecule has 0 saturated carbocycles. The second-order valence-electron chi connectivity index (χ2n) is 5.00. The molecule has 4 rings (SSSR count). The maximum atomic E-state index is 12.4. The Morgan fingerprint density at radius 2 is 2.08 bits per heavy atom. The number of thiophene rings is 1. The van der Waals surface area contributed by atoms with Gasteiger partial charge in [0.25, 0.3) is 5.91 Å². The number of halogens is 1. The van der Waals surface area contributed by atoms with E-state index in [-0.39, 0.29) is 12.5 Å². The van der Waals surface area contributed by atoms with Crippen LogP contribution in [0.25, 0.3) is 10.6 Å². The van der Waals surface area contributed by atoms with Crippen LogP contribution in [-0.4, -0.2) is 23.6 Å². The molecule has 3 aromatic rings. The Kier molecular flexibility index (Phi) is 4.26. The van der Waals surface area contributed by atoms with E-state index in [1.807, 2.05) is 35.7 Å². The summed E-state index contributed by atoms with van der Waals surface area (Å²) in [5.41, 5.74) is 0.845. The molecule has 1 amide bonds. The first-order chi connectivity index (χ1) is 11.7. The zero-order valence-electron chi connectivity index (χ0n) is 12.2. The molecule has 1 atom stereocenters. The van der Waals surface area contributed by atoms with Gasteiger partial charge in [-0.2, -0.15) is 0 Å². The van der Waals surface area contributed by atoms with Crippen molar-refractivity contribution in [3.8, 4) is 22.1 Å². The van der Waals surface area contributed by atoms with Crippen molar-refractivity contribution in [1.82, 2.24) is 4.98 Å². The van der Waals surface area contributed by atoms with Crippen LogP contribution in [0, 0.1) is 0 Å². The third kappa shape index (κ3) is 3.17. The maximum absolute atomic E-state index is 12.4. The number of carbonyl (C=O) groups excluding carboxylic acids is 1. The van der Waals surface area contributed by atoms with Crippen LogP contribution in [0.2, 0.25) is 0 Å². The van der Waals surface area contributed by atoms with Crippen molar-refractivity contribution < 1.29 is 14.3 Å². The van der Waals surface area contributed by atoms with Crippen LogP contribution in [-0.2, 0) is 4.79 Å². The minimum absolute atomic E-state index is 0.180. The second kappa shape index (κ2) is 6.54. The number of nitrogens with zero attached hydrogens (tertiary/aromatic N) is 1. The fourth-order valence-electron chi connectivity index (χ4n) is 2.23. The van der Waals surface area contributed by atoms with Crippen LogP contribution in [0.5, 0.6) is 11.5 Å². The Hall–Kier alpha value is -1.90. The molecule has 1 aliphatic rings. The number of rotatable bonds is 3. The predicted molar refractivity (Wildman–Crippen MR) is 98.1 cm³/mol. The predicted octanol–water partition coefficient (Wildman–Crippen LogP) is 4.41. The van der Waals surface area contributed by atoms with Crippen molar-refractivity contribution in [2.45, 2.75) is 6.10 Å². The number of ether oxygens (including phenoxy) is 2. The molecule has 1 aromatic carbocycles. The zero-order valence-corrected chi connectivity index (χ0v) is 15.4. The lowest BCUT2D eigenvalue weighted by atomic mass is 10.2.